The van der Waals surface area contributed by atoms with Crippen LogP contribution in [-0.4, -0.2) is 24.3 Å². The number of ether oxygens (including phenoxy) is 1. The zero-order valence-electron chi connectivity index (χ0n) is 14.9. The highest BCUT2D eigenvalue weighted by atomic mass is 79.9. The Balaban J connectivity index is 1.81. The summed E-state index contributed by atoms with van der Waals surface area (Å²) >= 11 is 3.46. The lowest BCUT2D eigenvalue weighted by atomic mass is 9.84. The van der Waals surface area contributed by atoms with Gasteiger partial charge < -0.3 is 15.4 Å². The third-order valence-corrected chi connectivity index (χ3v) is 4.83. The molecule has 4 nitrogen and oxygen atoms in total. The predicted octanol–water partition coefficient (Wildman–Crippen LogP) is 4.62. The minimum atomic E-state index is -0.449. The van der Waals surface area contributed by atoms with E-state index in [1.165, 1.54) is 18.4 Å². The Labute approximate surface area is 153 Å². The van der Waals surface area contributed by atoms with Gasteiger partial charge in [0.05, 0.1) is 0 Å². The van der Waals surface area contributed by atoms with Gasteiger partial charge in [0.1, 0.15) is 5.60 Å². The Morgan fingerprint density at radius 1 is 1.21 bits per heavy atom. The normalized spacial score (nSPS) is 21.3. The molecule has 0 radical (unpaired) electrons. The second-order valence-electron chi connectivity index (χ2n) is 7.54. The highest BCUT2D eigenvalue weighted by molar-refractivity contribution is 9.10. The molecule has 5 heteroatoms. The monoisotopic (exact) mass is 396 g/mol. The van der Waals surface area contributed by atoms with Crippen molar-refractivity contribution >= 4 is 22.0 Å². The van der Waals surface area contributed by atoms with Crippen LogP contribution < -0.4 is 10.6 Å². The molecular formula is C19H29BrN2O2. The first-order chi connectivity index (χ1) is 11.3. The van der Waals surface area contributed by atoms with E-state index >= 15 is 0 Å². The van der Waals surface area contributed by atoms with Crippen LogP contribution in [0.3, 0.4) is 0 Å². The second kappa shape index (κ2) is 8.86. The molecular weight excluding hydrogens is 368 g/mol. The van der Waals surface area contributed by atoms with E-state index in [1.807, 2.05) is 20.8 Å². The van der Waals surface area contributed by atoms with Crippen LogP contribution in [0.25, 0.3) is 0 Å². The van der Waals surface area contributed by atoms with Crippen LogP contribution in [0.5, 0.6) is 0 Å². The number of carbonyl (C=O) groups is 1. The molecule has 24 heavy (non-hydrogen) atoms. The van der Waals surface area contributed by atoms with Crippen molar-refractivity contribution in [2.75, 3.05) is 6.54 Å². The number of carbonyl (C=O) groups excluding carboxylic acids is 1. The Morgan fingerprint density at radius 3 is 2.54 bits per heavy atom. The molecule has 0 aromatic heterocycles. The summed E-state index contributed by atoms with van der Waals surface area (Å²) in [4.78, 5) is 11.9. The maximum atomic E-state index is 11.9. The highest BCUT2D eigenvalue weighted by Crippen LogP contribution is 2.24. The fraction of sp³-hybridized carbons (Fsp3) is 0.632. The molecule has 2 rings (SSSR count). The van der Waals surface area contributed by atoms with Crippen LogP contribution in [0.2, 0.25) is 0 Å². The van der Waals surface area contributed by atoms with E-state index in [0.29, 0.717) is 18.5 Å². The SMILES string of the molecule is CC(C)(C)OC(=O)NCC1CCCCC1NCc1ccc(Br)cc1. The summed E-state index contributed by atoms with van der Waals surface area (Å²) in [6, 6.07) is 8.85. The minimum absolute atomic E-state index is 0.320. The van der Waals surface area contributed by atoms with Crippen molar-refractivity contribution < 1.29 is 9.53 Å². The van der Waals surface area contributed by atoms with Gasteiger partial charge in [-0.05, 0) is 57.2 Å². The van der Waals surface area contributed by atoms with E-state index in [9.17, 15) is 4.79 Å². The summed E-state index contributed by atoms with van der Waals surface area (Å²) in [5, 5.41) is 6.61. The lowest BCUT2D eigenvalue weighted by Gasteiger charge is -2.33. The van der Waals surface area contributed by atoms with Gasteiger partial charge >= 0.3 is 6.09 Å². The average molecular weight is 397 g/mol. The molecule has 1 aliphatic rings. The number of nitrogens with one attached hydrogen (secondary N) is 2. The Morgan fingerprint density at radius 2 is 1.88 bits per heavy atom. The molecule has 0 bridgehead atoms. The van der Waals surface area contributed by atoms with Crippen molar-refractivity contribution in [2.45, 2.75) is 64.6 Å². The van der Waals surface area contributed by atoms with Gasteiger partial charge in [-0.25, -0.2) is 4.79 Å². The number of alkyl carbamates (subject to hydrolysis) is 1. The van der Waals surface area contributed by atoms with Crippen molar-refractivity contribution in [1.29, 1.82) is 0 Å². The van der Waals surface area contributed by atoms with Crippen molar-refractivity contribution in [3.05, 3.63) is 34.3 Å². The van der Waals surface area contributed by atoms with Gasteiger partial charge in [-0.2, -0.15) is 0 Å². The summed E-state index contributed by atoms with van der Waals surface area (Å²) in [5.41, 5.74) is 0.832. The number of hydrogen-bond acceptors (Lipinski definition) is 3. The maximum absolute atomic E-state index is 11.9. The Hall–Kier alpha value is -1.07. The smallest absolute Gasteiger partial charge is 0.407 e. The van der Waals surface area contributed by atoms with Gasteiger partial charge in [0.2, 0.25) is 0 Å². The van der Waals surface area contributed by atoms with Crippen molar-refractivity contribution in [3.63, 3.8) is 0 Å². The molecule has 1 aliphatic carbocycles. The molecule has 134 valence electrons. The Bertz CT molecular complexity index is 525. The summed E-state index contributed by atoms with van der Waals surface area (Å²) in [6.07, 6.45) is 4.48. The van der Waals surface area contributed by atoms with Crippen LogP contribution in [0.1, 0.15) is 52.0 Å². The number of rotatable bonds is 5. The average Bonchev–Trinajstić information content (AvgIpc) is 2.51. The number of benzene rings is 1. The zero-order valence-corrected chi connectivity index (χ0v) is 16.5. The van der Waals surface area contributed by atoms with Gasteiger partial charge in [-0.15, -0.1) is 0 Å². The molecule has 2 atom stereocenters. The van der Waals surface area contributed by atoms with Crippen LogP contribution in [0, 0.1) is 5.92 Å². The molecule has 0 saturated heterocycles. The van der Waals surface area contributed by atoms with E-state index in [0.717, 1.165) is 23.9 Å². The van der Waals surface area contributed by atoms with E-state index in [1.54, 1.807) is 0 Å². The van der Waals surface area contributed by atoms with Crippen LogP contribution in [0.15, 0.2) is 28.7 Å². The summed E-state index contributed by atoms with van der Waals surface area (Å²) < 4.78 is 6.43. The molecule has 1 amide bonds. The van der Waals surface area contributed by atoms with E-state index in [-0.39, 0.29) is 6.09 Å². The minimum Gasteiger partial charge on any atom is -0.444 e. The number of hydrogen-bond donors (Lipinski definition) is 2. The van der Waals surface area contributed by atoms with Gasteiger partial charge in [-0.1, -0.05) is 40.9 Å². The molecule has 2 N–H and O–H groups in total. The van der Waals surface area contributed by atoms with Crippen LogP contribution in [-0.2, 0) is 11.3 Å². The van der Waals surface area contributed by atoms with Crippen molar-refractivity contribution in [3.8, 4) is 0 Å². The number of amides is 1. The molecule has 0 aliphatic heterocycles. The van der Waals surface area contributed by atoms with Gasteiger partial charge in [0.15, 0.2) is 0 Å². The second-order valence-corrected chi connectivity index (χ2v) is 8.46. The first kappa shape index (κ1) is 19.3. The molecule has 0 heterocycles. The van der Waals surface area contributed by atoms with E-state index in [2.05, 4.69) is 50.8 Å². The standard InChI is InChI=1S/C19H29BrN2O2/c1-19(2,3)24-18(23)22-13-15-6-4-5-7-17(15)21-12-14-8-10-16(20)11-9-14/h8-11,15,17,21H,4-7,12-13H2,1-3H3,(H,22,23). The molecule has 0 spiro atoms. The lowest BCUT2D eigenvalue weighted by molar-refractivity contribution is 0.0510. The predicted molar refractivity (Wildman–Crippen MR) is 101 cm³/mol. The first-order valence-electron chi connectivity index (χ1n) is 8.78. The first-order valence-corrected chi connectivity index (χ1v) is 9.57. The largest absolute Gasteiger partial charge is 0.444 e. The molecule has 2 unspecified atom stereocenters. The Kier molecular flexibility index (Phi) is 7.11. The van der Waals surface area contributed by atoms with Crippen LogP contribution >= 0.6 is 15.9 Å². The van der Waals surface area contributed by atoms with Gasteiger partial charge in [0, 0.05) is 23.6 Å². The summed E-state index contributed by atoms with van der Waals surface area (Å²) in [5.74, 6) is 0.460. The van der Waals surface area contributed by atoms with Gasteiger partial charge in [0.25, 0.3) is 0 Å². The van der Waals surface area contributed by atoms with E-state index < -0.39 is 5.60 Å². The van der Waals surface area contributed by atoms with E-state index in [4.69, 9.17) is 4.74 Å². The summed E-state index contributed by atoms with van der Waals surface area (Å²) in [7, 11) is 0. The van der Waals surface area contributed by atoms with Gasteiger partial charge in [-0.3, -0.25) is 0 Å². The highest BCUT2D eigenvalue weighted by Gasteiger charge is 2.26. The lowest BCUT2D eigenvalue weighted by Crippen LogP contribution is -2.44. The molecule has 1 fully saturated rings. The third-order valence-electron chi connectivity index (χ3n) is 4.30. The zero-order chi connectivity index (χ0) is 17.6. The van der Waals surface area contributed by atoms with Crippen LogP contribution in [0.4, 0.5) is 4.79 Å². The summed E-state index contributed by atoms with van der Waals surface area (Å²) in [6.45, 7) is 7.19. The number of halogens is 1. The molecule has 1 saturated carbocycles. The fourth-order valence-electron chi connectivity index (χ4n) is 3.10. The van der Waals surface area contributed by atoms with Crippen molar-refractivity contribution in [2.24, 2.45) is 5.92 Å². The quantitative estimate of drug-likeness (QED) is 0.762. The molecule has 1 aromatic rings. The molecule has 1 aromatic carbocycles. The fourth-order valence-corrected chi connectivity index (χ4v) is 3.36. The van der Waals surface area contributed by atoms with Crippen molar-refractivity contribution in [1.82, 2.24) is 10.6 Å². The topological polar surface area (TPSA) is 50.4 Å². The maximum Gasteiger partial charge on any atom is 0.407 e. The third kappa shape index (κ3) is 6.81.